The van der Waals surface area contributed by atoms with E-state index in [-0.39, 0.29) is 11.6 Å². The van der Waals surface area contributed by atoms with Crippen molar-refractivity contribution in [3.05, 3.63) is 33.1 Å². The molecule has 3 unspecified atom stereocenters. The Hall–Kier alpha value is -0.870. The van der Waals surface area contributed by atoms with E-state index in [1.807, 2.05) is 13.8 Å². The number of aromatic nitrogens is 2. The summed E-state index contributed by atoms with van der Waals surface area (Å²) in [5.74, 6) is -0.0370. The van der Waals surface area contributed by atoms with Gasteiger partial charge >= 0.3 is 5.69 Å². The molecule has 1 aromatic heterocycles. The smallest absolute Gasteiger partial charge is 0.330 e. The Kier molecular flexibility index (Phi) is 6.37. The van der Waals surface area contributed by atoms with Gasteiger partial charge in [-0.2, -0.15) is 0 Å². The number of methoxy groups -OCH3 is 1. The number of aliphatic hydroxyl groups is 1. The number of rotatable bonds is 8. The number of nitrogens with one attached hydrogen (secondary N) is 1. The van der Waals surface area contributed by atoms with Crippen LogP contribution in [0.25, 0.3) is 0 Å². The Labute approximate surface area is 161 Å². The number of hydrogen-bond acceptors (Lipinski definition) is 8. The number of nitrogens with zero attached hydrogens (tertiary/aromatic N) is 1. The van der Waals surface area contributed by atoms with Crippen molar-refractivity contribution in [1.29, 1.82) is 0 Å². The highest BCUT2D eigenvalue weighted by atomic mass is 32.5. The molecule has 0 amide bonds. The van der Waals surface area contributed by atoms with Crippen molar-refractivity contribution in [3.63, 3.8) is 0 Å². The van der Waals surface area contributed by atoms with Gasteiger partial charge in [0, 0.05) is 30.9 Å². The topological polar surface area (TPSA) is 112 Å². The third kappa shape index (κ3) is 3.98. The van der Waals surface area contributed by atoms with E-state index in [0.29, 0.717) is 13.2 Å². The van der Waals surface area contributed by atoms with Crippen LogP contribution in [0.2, 0.25) is 0 Å². The molecule has 2 heterocycles. The molecule has 2 aliphatic rings. The fraction of sp³-hybridized carbons (Fsp3) is 0.750. The van der Waals surface area contributed by atoms with Crippen LogP contribution in [0.1, 0.15) is 26.5 Å². The van der Waals surface area contributed by atoms with Gasteiger partial charge in [-0.1, -0.05) is 0 Å². The Morgan fingerprint density at radius 3 is 2.59 bits per heavy atom. The molecule has 2 N–H and O–H groups in total. The van der Waals surface area contributed by atoms with Crippen molar-refractivity contribution in [2.45, 2.75) is 50.5 Å². The second kappa shape index (κ2) is 8.24. The van der Waals surface area contributed by atoms with Crippen LogP contribution in [-0.4, -0.2) is 59.0 Å². The lowest BCUT2D eigenvalue weighted by Gasteiger charge is -2.23. The quantitative estimate of drug-likeness (QED) is 0.588. The minimum atomic E-state index is -2.47. The summed E-state index contributed by atoms with van der Waals surface area (Å²) in [4.78, 5) is 25.6. The van der Waals surface area contributed by atoms with Gasteiger partial charge in [0.25, 0.3) is 5.56 Å². The van der Waals surface area contributed by atoms with Crippen LogP contribution in [0.5, 0.6) is 0 Å². The molecule has 9 nitrogen and oxygen atoms in total. The highest BCUT2D eigenvalue weighted by Crippen LogP contribution is 2.67. The summed E-state index contributed by atoms with van der Waals surface area (Å²) in [5, 5.41) is 10.7. The maximum atomic E-state index is 12.1. The van der Waals surface area contributed by atoms with E-state index in [1.165, 1.54) is 23.9 Å². The molecule has 3 rings (SSSR count). The molecule has 1 aliphatic carbocycles. The standard InChI is InChI=1S/C16H25N2O7PS/c1-4-23-26(27,24-5-2)10-8-9(10)13-12(20)14(22-3)15(25-13)18-7-6-11(19)17-16(18)21/h6-7,9-10,12-15,20H,4-5,8H2,1-3H3,(H,17,19,21)/t9?,10?,12-,13+,14?,15+/m0/s1. The molecule has 1 aliphatic heterocycles. The van der Waals surface area contributed by atoms with Crippen molar-refractivity contribution in [1.82, 2.24) is 9.55 Å². The maximum Gasteiger partial charge on any atom is 0.330 e. The zero-order valence-electron chi connectivity index (χ0n) is 15.4. The second-order valence-corrected chi connectivity index (χ2v) is 10.3. The molecule has 1 saturated heterocycles. The van der Waals surface area contributed by atoms with Gasteiger partial charge in [-0.25, -0.2) is 4.79 Å². The average molecular weight is 420 g/mol. The molecule has 6 atom stereocenters. The minimum absolute atomic E-state index is 0.00407. The van der Waals surface area contributed by atoms with E-state index < -0.39 is 42.3 Å². The summed E-state index contributed by atoms with van der Waals surface area (Å²) in [7, 11) is 1.44. The SMILES string of the molecule is CCOP(=S)(OCC)C1CC1[C@H]1O[C@@H](n2ccc(=O)[nH]c2=O)C(OC)[C@H]1O. The first-order valence-electron chi connectivity index (χ1n) is 8.92. The number of hydrogen-bond donors (Lipinski definition) is 2. The lowest BCUT2D eigenvalue weighted by atomic mass is 10.1. The predicted molar refractivity (Wildman–Crippen MR) is 101 cm³/mol. The van der Waals surface area contributed by atoms with E-state index in [2.05, 4.69) is 4.98 Å². The molecule has 0 radical (unpaired) electrons. The van der Waals surface area contributed by atoms with Crippen LogP contribution in [0, 0.1) is 5.92 Å². The van der Waals surface area contributed by atoms with Crippen molar-refractivity contribution >= 4 is 18.3 Å². The monoisotopic (exact) mass is 420 g/mol. The fourth-order valence-corrected chi connectivity index (χ4v) is 7.32. The average Bonchev–Trinajstić information content (AvgIpc) is 3.34. The van der Waals surface area contributed by atoms with Crippen LogP contribution in [-0.2, 0) is 30.3 Å². The maximum absolute atomic E-state index is 12.1. The van der Waals surface area contributed by atoms with Gasteiger partial charge in [-0.15, -0.1) is 0 Å². The Balaban J connectivity index is 1.81. The van der Waals surface area contributed by atoms with Crippen LogP contribution in [0.3, 0.4) is 0 Å². The van der Waals surface area contributed by atoms with E-state index in [4.69, 9.17) is 30.3 Å². The fourth-order valence-electron chi connectivity index (χ4n) is 3.64. The van der Waals surface area contributed by atoms with E-state index in [1.54, 1.807) is 0 Å². The van der Waals surface area contributed by atoms with Gasteiger partial charge in [0.1, 0.15) is 12.2 Å². The summed E-state index contributed by atoms with van der Waals surface area (Å²) < 4.78 is 24.1. The first-order chi connectivity index (χ1) is 12.9. The molecule has 2 fully saturated rings. The molecule has 27 heavy (non-hydrogen) atoms. The van der Waals surface area contributed by atoms with Crippen LogP contribution in [0.4, 0.5) is 0 Å². The Morgan fingerprint density at radius 2 is 2.04 bits per heavy atom. The molecular formula is C16H25N2O7PS. The van der Waals surface area contributed by atoms with Crippen LogP contribution in [0.15, 0.2) is 21.9 Å². The van der Waals surface area contributed by atoms with Crippen LogP contribution >= 0.6 is 6.49 Å². The van der Waals surface area contributed by atoms with Crippen molar-refractivity contribution in [3.8, 4) is 0 Å². The normalized spacial score (nSPS) is 33.3. The molecular weight excluding hydrogens is 395 g/mol. The zero-order valence-corrected chi connectivity index (χ0v) is 17.2. The molecule has 1 aromatic rings. The van der Waals surface area contributed by atoms with Crippen molar-refractivity contribution in [2.24, 2.45) is 5.92 Å². The van der Waals surface area contributed by atoms with Crippen LogP contribution < -0.4 is 11.2 Å². The summed E-state index contributed by atoms with van der Waals surface area (Å²) in [6, 6.07) is 1.22. The second-order valence-electron chi connectivity index (χ2n) is 6.54. The summed E-state index contributed by atoms with van der Waals surface area (Å²) in [5.41, 5.74) is -1.13. The van der Waals surface area contributed by atoms with Gasteiger partial charge in [0.15, 0.2) is 12.7 Å². The van der Waals surface area contributed by atoms with E-state index in [0.717, 1.165) is 6.42 Å². The van der Waals surface area contributed by atoms with E-state index in [9.17, 15) is 14.7 Å². The lowest BCUT2D eigenvalue weighted by Crippen LogP contribution is -2.38. The zero-order chi connectivity index (χ0) is 19.8. The number of ether oxygens (including phenoxy) is 2. The van der Waals surface area contributed by atoms with Gasteiger partial charge in [-0.05, 0) is 32.1 Å². The molecule has 0 spiro atoms. The molecule has 0 bridgehead atoms. The number of aliphatic hydroxyl groups excluding tert-OH is 1. The largest absolute Gasteiger partial charge is 0.387 e. The highest BCUT2D eigenvalue weighted by molar-refractivity contribution is 8.10. The first-order valence-corrected chi connectivity index (χ1v) is 11.6. The minimum Gasteiger partial charge on any atom is -0.387 e. The summed E-state index contributed by atoms with van der Waals surface area (Å²) in [6.45, 7) is 2.21. The van der Waals surface area contributed by atoms with Crippen molar-refractivity contribution < 1.29 is 23.6 Å². The van der Waals surface area contributed by atoms with E-state index >= 15 is 0 Å². The summed E-state index contributed by atoms with van der Waals surface area (Å²) in [6.07, 6.45) is -1.05. The molecule has 11 heteroatoms. The number of aromatic amines is 1. The third-order valence-electron chi connectivity index (χ3n) is 4.90. The van der Waals surface area contributed by atoms with Gasteiger partial charge in [-0.3, -0.25) is 14.3 Å². The predicted octanol–water partition coefficient (Wildman–Crippen LogP) is 0.581. The molecule has 152 valence electrons. The van der Waals surface area contributed by atoms with Gasteiger partial charge in [0.2, 0.25) is 0 Å². The third-order valence-corrected chi connectivity index (χ3v) is 8.99. The Bertz CT molecular complexity index is 817. The van der Waals surface area contributed by atoms with Crippen molar-refractivity contribution in [2.75, 3.05) is 20.3 Å². The van der Waals surface area contributed by atoms with Gasteiger partial charge < -0.3 is 23.6 Å². The highest BCUT2D eigenvalue weighted by Gasteiger charge is 2.60. The molecule has 1 saturated carbocycles. The lowest BCUT2D eigenvalue weighted by molar-refractivity contribution is -0.0572. The van der Waals surface area contributed by atoms with Gasteiger partial charge in [0.05, 0.1) is 19.3 Å². The number of H-pyrrole nitrogens is 1. The summed E-state index contributed by atoms with van der Waals surface area (Å²) >= 11 is 5.66. The molecule has 0 aromatic carbocycles. The Morgan fingerprint density at radius 1 is 1.37 bits per heavy atom. The first kappa shape index (κ1) is 20.9.